The van der Waals surface area contributed by atoms with Crippen LogP contribution in [0.15, 0.2) is 48.5 Å². The molecule has 0 saturated carbocycles. The number of ether oxygens (including phenoxy) is 1. The van der Waals surface area contributed by atoms with Gasteiger partial charge < -0.3 is 20.3 Å². The summed E-state index contributed by atoms with van der Waals surface area (Å²) in [5.74, 6) is -2.71. The van der Waals surface area contributed by atoms with Gasteiger partial charge in [-0.05, 0) is 23.6 Å². The molecule has 0 atom stereocenters. The van der Waals surface area contributed by atoms with Gasteiger partial charge >= 0.3 is 11.9 Å². The fourth-order valence-corrected chi connectivity index (χ4v) is 2.08. The summed E-state index contributed by atoms with van der Waals surface area (Å²) >= 11 is 0. The number of carboxylic acid groups (broad SMARTS) is 2. The van der Waals surface area contributed by atoms with Gasteiger partial charge in [0, 0.05) is 18.7 Å². The van der Waals surface area contributed by atoms with E-state index in [-0.39, 0.29) is 0 Å². The van der Waals surface area contributed by atoms with Crippen molar-refractivity contribution in [2.45, 2.75) is 26.4 Å². The van der Waals surface area contributed by atoms with Gasteiger partial charge in [0.15, 0.2) is 0 Å². The lowest BCUT2D eigenvalue weighted by atomic mass is 10.1. The van der Waals surface area contributed by atoms with Crippen molar-refractivity contribution in [2.75, 3.05) is 7.11 Å². The Morgan fingerprint density at radius 1 is 0.920 bits per heavy atom. The molecular formula is C19H23NO5. The van der Waals surface area contributed by atoms with Gasteiger partial charge in [0.05, 0.1) is 7.11 Å². The van der Waals surface area contributed by atoms with Gasteiger partial charge in [0.25, 0.3) is 0 Å². The number of para-hydroxylation sites is 1. The third-order valence-corrected chi connectivity index (χ3v) is 3.45. The fraction of sp³-hybridized carbons (Fsp3) is 0.263. The number of benzene rings is 2. The normalized spacial score (nSPS) is 9.68. The molecule has 0 heterocycles. The molecule has 0 aliphatic rings. The van der Waals surface area contributed by atoms with Gasteiger partial charge in [-0.15, -0.1) is 0 Å². The first-order valence-corrected chi connectivity index (χ1v) is 7.84. The first-order chi connectivity index (χ1) is 12.0. The van der Waals surface area contributed by atoms with Crippen LogP contribution in [0, 0.1) is 0 Å². The zero-order valence-electron chi connectivity index (χ0n) is 14.4. The number of aryl methyl sites for hydroxylation is 1. The van der Waals surface area contributed by atoms with Crippen molar-refractivity contribution in [3.63, 3.8) is 0 Å². The van der Waals surface area contributed by atoms with E-state index in [1.54, 1.807) is 7.11 Å². The summed E-state index contributed by atoms with van der Waals surface area (Å²) in [5, 5.41) is 18.2. The largest absolute Gasteiger partial charge is 0.496 e. The van der Waals surface area contributed by atoms with Gasteiger partial charge in [0.1, 0.15) is 5.75 Å². The second-order valence-electron chi connectivity index (χ2n) is 5.20. The van der Waals surface area contributed by atoms with Crippen LogP contribution < -0.4 is 10.1 Å². The average molecular weight is 345 g/mol. The number of hydrogen-bond donors (Lipinski definition) is 3. The first-order valence-electron chi connectivity index (χ1n) is 7.84. The van der Waals surface area contributed by atoms with Crippen LogP contribution in [0.2, 0.25) is 0 Å². The van der Waals surface area contributed by atoms with E-state index in [1.165, 1.54) is 16.7 Å². The van der Waals surface area contributed by atoms with Crippen molar-refractivity contribution in [3.05, 3.63) is 65.2 Å². The summed E-state index contributed by atoms with van der Waals surface area (Å²) in [5.41, 5.74) is 3.88. The van der Waals surface area contributed by atoms with Crippen molar-refractivity contribution in [1.29, 1.82) is 0 Å². The van der Waals surface area contributed by atoms with Gasteiger partial charge in [-0.2, -0.15) is 0 Å². The van der Waals surface area contributed by atoms with Crippen LogP contribution in [-0.4, -0.2) is 29.3 Å². The van der Waals surface area contributed by atoms with E-state index in [0.29, 0.717) is 0 Å². The van der Waals surface area contributed by atoms with E-state index in [4.69, 9.17) is 24.5 Å². The van der Waals surface area contributed by atoms with Crippen molar-refractivity contribution in [1.82, 2.24) is 5.32 Å². The number of rotatable bonds is 6. The van der Waals surface area contributed by atoms with Crippen molar-refractivity contribution >= 4 is 11.9 Å². The molecule has 0 aliphatic carbocycles. The summed E-state index contributed by atoms with van der Waals surface area (Å²) in [6.45, 7) is 3.87. The summed E-state index contributed by atoms with van der Waals surface area (Å²) in [7, 11) is 1.71. The van der Waals surface area contributed by atoms with Gasteiger partial charge in [-0.3, -0.25) is 0 Å². The minimum absolute atomic E-state index is 0.819. The highest BCUT2D eigenvalue weighted by Gasteiger charge is 2.04. The van der Waals surface area contributed by atoms with Crippen LogP contribution in [0.5, 0.6) is 5.75 Å². The Bertz CT molecular complexity index is 670. The molecule has 0 amide bonds. The van der Waals surface area contributed by atoms with E-state index in [0.717, 1.165) is 25.3 Å². The van der Waals surface area contributed by atoms with Gasteiger partial charge in [-0.1, -0.05) is 49.4 Å². The molecule has 0 bridgehead atoms. The molecule has 6 nitrogen and oxygen atoms in total. The number of methoxy groups -OCH3 is 1. The molecule has 0 aromatic heterocycles. The second kappa shape index (κ2) is 10.8. The number of carboxylic acids is 2. The predicted molar refractivity (Wildman–Crippen MR) is 94.6 cm³/mol. The smallest absolute Gasteiger partial charge is 0.414 e. The highest BCUT2D eigenvalue weighted by molar-refractivity contribution is 6.27. The summed E-state index contributed by atoms with van der Waals surface area (Å²) in [6, 6.07) is 16.9. The molecule has 6 heteroatoms. The van der Waals surface area contributed by atoms with Gasteiger partial charge in [-0.25, -0.2) is 9.59 Å². The number of nitrogens with one attached hydrogen (secondary N) is 1. The Morgan fingerprint density at radius 3 is 2.00 bits per heavy atom. The Labute approximate surface area is 147 Å². The third kappa shape index (κ3) is 7.50. The quantitative estimate of drug-likeness (QED) is 0.697. The molecular weight excluding hydrogens is 322 g/mol. The topological polar surface area (TPSA) is 95.9 Å². The second-order valence-corrected chi connectivity index (χ2v) is 5.20. The van der Waals surface area contributed by atoms with Crippen molar-refractivity contribution < 1.29 is 24.5 Å². The Morgan fingerprint density at radius 2 is 1.48 bits per heavy atom. The fourth-order valence-electron chi connectivity index (χ4n) is 2.08. The lowest BCUT2D eigenvalue weighted by Gasteiger charge is -2.09. The highest BCUT2D eigenvalue weighted by Crippen LogP contribution is 2.16. The first kappa shape index (κ1) is 20.2. The van der Waals surface area contributed by atoms with E-state index < -0.39 is 11.9 Å². The van der Waals surface area contributed by atoms with Crippen LogP contribution in [0.4, 0.5) is 0 Å². The standard InChI is InChI=1S/C17H21NO.C2H2O4/c1-3-14-8-10-15(11-9-14)12-18-13-16-6-4-5-7-17(16)19-2;3-1(4)2(5)6/h4-11,18H,3,12-13H2,1-2H3;(H,3,4)(H,5,6). The number of aliphatic carboxylic acids is 2. The molecule has 2 aromatic rings. The van der Waals surface area contributed by atoms with Gasteiger partial charge in [0.2, 0.25) is 0 Å². The lowest BCUT2D eigenvalue weighted by Crippen LogP contribution is -2.13. The van der Waals surface area contributed by atoms with Crippen molar-refractivity contribution in [2.24, 2.45) is 0 Å². The summed E-state index contributed by atoms with van der Waals surface area (Å²) in [6.07, 6.45) is 1.09. The molecule has 2 rings (SSSR count). The average Bonchev–Trinajstić information content (AvgIpc) is 2.63. The van der Waals surface area contributed by atoms with Crippen LogP contribution >= 0.6 is 0 Å². The molecule has 3 N–H and O–H groups in total. The maximum atomic E-state index is 9.10. The maximum absolute atomic E-state index is 9.10. The van der Waals surface area contributed by atoms with E-state index in [2.05, 4.69) is 42.6 Å². The molecule has 2 aromatic carbocycles. The molecule has 0 aliphatic heterocycles. The van der Waals surface area contributed by atoms with E-state index in [9.17, 15) is 0 Å². The third-order valence-electron chi connectivity index (χ3n) is 3.45. The highest BCUT2D eigenvalue weighted by atomic mass is 16.5. The minimum atomic E-state index is -1.82. The lowest BCUT2D eigenvalue weighted by molar-refractivity contribution is -0.159. The number of carbonyl (C=O) groups is 2. The Kier molecular flexibility index (Phi) is 8.74. The molecule has 0 spiro atoms. The molecule has 0 fully saturated rings. The molecule has 0 radical (unpaired) electrons. The maximum Gasteiger partial charge on any atom is 0.414 e. The van der Waals surface area contributed by atoms with Crippen LogP contribution in [0.3, 0.4) is 0 Å². The predicted octanol–water partition coefficient (Wildman–Crippen LogP) is 2.70. The summed E-state index contributed by atoms with van der Waals surface area (Å²) < 4.78 is 5.34. The van der Waals surface area contributed by atoms with E-state index in [1.807, 2.05) is 18.2 Å². The van der Waals surface area contributed by atoms with Crippen LogP contribution in [0.25, 0.3) is 0 Å². The molecule has 0 saturated heterocycles. The molecule has 134 valence electrons. The van der Waals surface area contributed by atoms with E-state index >= 15 is 0 Å². The van der Waals surface area contributed by atoms with Crippen LogP contribution in [0.1, 0.15) is 23.6 Å². The zero-order chi connectivity index (χ0) is 18.7. The minimum Gasteiger partial charge on any atom is -0.496 e. The summed E-state index contributed by atoms with van der Waals surface area (Å²) in [4.78, 5) is 18.2. The Balaban J connectivity index is 0.000000450. The van der Waals surface area contributed by atoms with Crippen molar-refractivity contribution in [3.8, 4) is 5.75 Å². The molecule has 25 heavy (non-hydrogen) atoms. The molecule has 0 unspecified atom stereocenters. The zero-order valence-corrected chi connectivity index (χ0v) is 14.4. The monoisotopic (exact) mass is 345 g/mol. The van der Waals surface area contributed by atoms with Crippen LogP contribution in [-0.2, 0) is 29.1 Å². The SMILES string of the molecule is CCc1ccc(CNCc2ccccc2OC)cc1.O=C(O)C(=O)O. The number of hydrogen-bond acceptors (Lipinski definition) is 4. The Hall–Kier alpha value is -2.86.